The van der Waals surface area contributed by atoms with Gasteiger partial charge in [0.15, 0.2) is 0 Å². The molecule has 0 aromatic heterocycles. The second kappa shape index (κ2) is 5.21. The van der Waals surface area contributed by atoms with Crippen molar-refractivity contribution in [1.82, 2.24) is 0 Å². The predicted octanol–water partition coefficient (Wildman–Crippen LogP) is 3.09. The monoisotopic (exact) mass is 235 g/mol. The molecule has 1 aromatic rings. The van der Waals surface area contributed by atoms with Crippen molar-refractivity contribution in [1.29, 1.82) is 0 Å². The Balaban J connectivity index is 3.19. The van der Waals surface area contributed by atoms with E-state index in [-0.39, 0.29) is 0 Å². The Bertz CT molecular complexity index is 424. The molecule has 0 saturated carbocycles. The summed E-state index contributed by atoms with van der Waals surface area (Å²) in [6, 6.07) is 3.77. The second-order valence-electron chi connectivity index (χ2n) is 5.04. The molecule has 0 saturated heterocycles. The summed E-state index contributed by atoms with van der Waals surface area (Å²) in [4.78, 5) is 13.3. The van der Waals surface area contributed by atoms with Crippen LogP contribution in [0.25, 0.3) is 0 Å². The molecule has 1 rings (SSSR count). The lowest BCUT2D eigenvalue weighted by Crippen LogP contribution is -2.24. The van der Waals surface area contributed by atoms with Gasteiger partial charge < -0.3 is 10.0 Å². The molecule has 0 aliphatic heterocycles. The van der Waals surface area contributed by atoms with E-state index >= 15 is 0 Å². The van der Waals surface area contributed by atoms with E-state index in [1.165, 1.54) is 0 Å². The van der Waals surface area contributed by atoms with Crippen LogP contribution >= 0.6 is 0 Å². The van der Waals surface area contributed by atoms with Gasteiger partial charge in [-0.15, -0.1) is 0 Å². The zero-order valence-electron chi connectivity index (χ0n) is 11.2. The van der Waals surface area contributed by atoms with Crippen molar-refractivity contribution in [2.24, 2.45) is 5.92 Å². The van der Waals surface area contributed by atoms with E-state index in [2.05, 4.69) is 18.7 Å². The first kappa shape index (κ1) is 13.6. The highest BCUT2D eigenvalue weighted by Crippen LogP contribution is 2.25. The summed E-state index contributed by atoms with van der Waals surface area (Å²) in [5.41, 5.74) is 3.23. The third-order valence-electron chi connectivity index (χ3n) is 2.81. The first-order valence-corrected chi connectivity index (χ1v) is 5.88. The number of benzene rings is 1. The van der Waals surface area contributed by atoms with E-state index in [1.54, 1.807) is 6.07 Å². The Kier molecular flexibility index (Phi) is 4.16. The van der Waals surface area contributed by atoms with Gasteiger partial charge in [0.2, 0.25) is 0 Å². The number of hydrogen-bond acceptors (Lipinski definition) is 2. The van der Waals surface area contributed by atoms with Crippen LogP contribution in [0.4, 0.5) is 5.69 Å². The maximum atomic E-state index is 11.2. The lowest BCUT2D eigenvalue weighted by molar-refractivity contribution is 0.0696. The van der Waals surface area contributed by atoms with Crippen molar-refractivity contribution in [3.8, 4) is 0 Å². The normalized spacial score (nSPS) is 10.7. The molecule has 0 aliphatic carbocycles. The van der Waals surface area contributed by atoms with E-state index in [1.807, 2.05) is 27.0 Å². The Morgan fingerprint density at radius 2 is 1.94 bits per heavy atom. The molecule has 0 spiro atoms. The number of carboxylic acid groups (broad SMARTS) is 1. The molecule has 0 radical (unpaired) electrons. The number of carbonyl (C=O) groups is 1. The number of rotatable bonds is 4. The van der Waals surface area contributed by atoms with Crippen LogP contribution in [-0.4, -0.2) is 24.7 Å². The summed E-state index contributed by atoms with van der Waals surface area (Å²) in [6.07, 6.45) is 0. The molecule has 3 heteroatoms. The van der Waals surface area contributed by atoms with Gasteiger partial charge >= 0.3 is 5.97 Å². The highest BCUT2D eigenvalue weighted by atomic mass is 16.4. The summed E-state index contributed by atoms with van der Waals surface area (Å²) < 4.78 is 0. The van der Waals surface area contributed by atoms with Gasteiger partial charge in [0, 0.05) is 19.3 Å². The van der Waals surface area contributed by atoms with E-state index in [4.69, 9.17) is 5.11 Å². The molecule has 0 unspecified atom stereocenters. The summed E-state index contributed by atoms with van der Waals surface area (Å²) in [5.74, 6) is -0.307. The molecular formula is C14H21NO2. The Labute approximate surface area is 103 Å². The molecule has 0 atom stereocenters. The van der Waals surface area contributed by atoms with Gasteiger partial charge in [0.25, 0.3) is 0 Å². The van der Waals surface area contributed by atoms with Crippen LogP contribution in [0, 0.1) is 19.8 Å². The maximum absolute atomic E-state index is 11.2. The predicted molar refractivity (Wildman–Crippen MR) is 71.0 cm³/mol. The molecule has 0 aliphatic rings. The fraction of sp³-hybridized carbons (Fsp3) is 0.500. The van der Waals surface area contributed by atoms with Gasteiger partial charge in [0.1, 0.15) is 0 Å². The fourth-order valence-electron chi connectivity index (χ4n) is 2.10. The summed E-state index contributed by atoms with van der Waals surface area (Å²) in [7, 11) is 2.01. The van der Waals surface area contributed by atoms with Crippen LogP contribution in [0.5, 0.6) is 0 Å². The van der Waals surface area contributed by atoms with Crippen molar-refractivity contribution in [2.45, 2.75) is 27.7 Å². The Hall–Kier alpha value is -1.51. The molecule has 94 valence electrons. The van der Waals surface area contributed by atoms with Gasteiger partial charge in [-0.05, 0) is 43.0 Å². The number of nitrogens with zero attached hydrogens (tertiary/aromatic N) is 1. The molecule has 17 heavy (non-hydrogen) atoms. The zero-order chi connectivity index (χ0) is 13.2. The summed E-state index contributed by atoms with van der Waals surface area (Å²) >= 11 is 0. The highest BCUT2D eigenvalue weighted by molar-refractivity contribution is 5.91. The largest absolute Gasteiger partial charge is 0.478 e. The van der Waals surface area contributed by atoms with Crippen LogP contribution in [-0.2, 0) is 0 Å². The van der Waals surface area contributed by atoms with Gasteiger partial charge in [-0.2, -0.15) is 0 Å². The number of carboxylic acids is 1. The third kappa shape index (κ3) is 3.22. The third-order valence-corrected chi connectivity index (χ3v) is 2.81. The van der Waals surface area contributed by atoms with Crippen molar-refractivity contribution in [3.63, 3.8) is 0 Å². The molecule has 0 heterocycles. The number of aryl methyl sites for hydroxylation is 1. The zero-order valence-corrected chi connectivity index (χ0v) is 11.2. The first-order chi connectivity index (χ1) is 7.82. The van der Waals surface area contributed by atoms with Crippen LogP contribution in [0.1, 0.15) is 35.3 Å². The molecule has 0 fully saturated rings. The highest BCUT2D eigenvalue weighted by Gasteiger charge is 2.14. The minimum absolute atomic E-state index is 0.399. The van der Waals surface area contributed by atoms with Gasteiger partial charge in [-0.25, -0.2) is 4.79 Å². The average molecular weight is 235 g/mol. The van der Waals surface area contributed by atoms with Crippen LogP contribution in [0.3, 0.4) is 0 Å². The van der Waals surface area contributed by atoms with Crippen LogP contribution < -0.4 is 4.90 Å². The quantitative estimate of drug-likeness (QED) is 0.871. The molecule has 1 aromatic carbocycles. The Morgan fingerprint density at radius 1 is 1.35 bits per heavy atom. The SMILES string of the molecule is Cc1cc(C(=O)O)c(C)c(N(C)CC(C)C)c1. The van der Waals surface area contributed by atoms with Crippen molar-refractivity contribution >= 4 is 11.7 Å². The van der Waals surface area contributed by atoms with Crippen LogP contribution in [0.2, 0.25) is 0 Å². The van der Waals surface area contributed by atoms with E-state index in [0.717, 1.165) is 23.4 Å². The van der Waals surface area contributed by atoms with Gasteiger partial charge in [-0.1, -0.05) is 13.8 Å². The molecule has 0 amide bonds. The standard InChI is InChI=1S/C14H21NO2/c1-9(2)8-15(5)13-7-10(3)6-12(11(13)4)14(16)17/h6-7,9H,8H2,1-5H3,(H,16,17). The average Bonchev–Trinajstić information content (AvgIpc) is 2.19. The van der Waals surface area contributed by atoms with Crippen molar-refractivity contribution in [3.05, 3.63) is 28.8 Å². The van der Waals surface area contributed by atoms with Gasteiger partial charge in [-0.3, -0.25) is 0 Å². The summed E-state index contributed by atoms with van der Waals surface area (Å²) in [6.45, 7) is 9.02. The molecule has 0 bridgehead atoms. The van der Waals surface area contributed by atoms with E-state index < -0.39 is 5.97 Å². The van der Waals surface area contributed by atoms with Gasteiger partial charge in [0.05, 0.1) is 5.56 Å². The lowest BCUT2D eigenvalue weighted by Gasteiger charge is -2.24. The number of aromatic carboxylic acids is 1. The minimum Gasteiger partial charge on any atom is -0.478 e. The van der Waals surface area contributed by atoms with Crippen molar-refractivity contribution in [2.75, 3.05) is 18.5 Å². The smallest absolute Gasteiger partial charge is 0.336 e. The number of hydrogen-bond donors (Lipinski definition) is 1. The van der Waals surface area contributed by atoms with Crippen LogP contribution in [0.15, 0.2) is 12.1 Å². The summed E-state index contributed by atoms with van der Waals surface area (Å²) in [5, 5.41) is 9.16. The van der Waals surface area contributed by atoms with E-state index in [0.29, 0.717) is 11.5 Å². The number of anilines is 1. The Morgan fingerprint density at radius 3 is 2.41 bits per heavy atom. The maximum Gasteiger partial charge on any atom is 0.336 e. The molecular weight excluding hydrogens is 214 g/mol. The fourth-order valence-corrected chi connectivity index (χ4v) is 2.10. The van der Waals surface area contributed by atoms with Crippen molar-refractivity contribution < 1.29 is 9.90 Å². The topological polar surface area (TPSA) is 40.5 Å². The first-order valence-electron chi connectivity index (χ1n) is 5.88. The van der Waals surface area contributed by atoms with E-state index in [9.17, 15) is 4.79 Å². The lowest BCUT2D eigenvalue weighted by atomic mass is 10.0. The molecule has 3 nitrogen and oxygen atoms in total. The molecule has 1 N–H and O–H groups in total. The minimum atomic E-state index is -0.856. The second-order valence-corrected chi connectivity index (χ2v) is 5.04.